The average molecular weight is 611 g/mol. The van der Waals surface area contributed by atoms with Crippen LogP contribution < -0.4 is 0 Å². The van der Waals surface area contributed by atoms with E-state index in [1.165, 1.54) is 7.11 Å². The number of hydrogen-bond donors (Lipinski definition) is 3. The third-order valence-electron chi connectivity index (χ3n) is 7.81. The van der Waals surface area contributed by atoms with E-state index in [0.717, 1.165) is 16.7 Å². The second kappa shape index (κ2) is 16.5. The first-order chi connectivity index (χ1) is 21.6. The van der Waals surface area contributed by atoms with E-state index >= 15 is 0 Å². The molecule has 2 fully saturated rings. The molecule has 0 unspecified atom stereocenters. The summed E-state index contributed by atoms with van der Waals surface area (Å²) in [4.78, 5) is 0. The molecule has 0 aliphatic carbocycles. The molecule has 238 valence electrons. The van der Waals surface area contributed by atoms with Gasteiger partial charge in [0.2, 0.25) is 0 Å². The lowest BCUT2D eigenvalue weighted by Crippen LogP contribution is -2.62. The standard InChI is InChI=1S/C34H42O10/c1-38-34-32(41-21-25-15-9-4-10-16-25)31(40-20-24-13-7-3-8-14-24)30(39-19-23-11-5-2-6-12-23)28(44-34)22-42-33-29(37)27(36)17-26(18-35)43-33/h2-16,26-37H,17-22H2,1H3/t26-,27-,28+,29+,30+,31-,32+,33+,34-/m0/s1. The van der Waals surface area contributed by atoms with Gasteiger partial charge in [0, 0.05) is 13.5 Å². The van der Waals surface area contributed by atoms with Gasteiger partial charge < -0.3 is 48.5 Å². The summed E-state index contributed by atoms with van der Waals surface area (Å²) >= 11 is 0. The van der Waals surface area contributed by atoms with Crippen LogP contribution in [0.1, 0.15) is 23.1 Å². The normalized spacial score (nSPS) is 30.7. The van der Waals surface area contributed by atoms with Crippen LogP contribution in [0.3, 0.4) is 0 Å². The Balaban J connectivity index is 1.40. The van der Waals surface area contributed by atoms with Crippen LogP contribution in [-0.4, -0.2) is 91.0 Å². The zero-order valence-corrected chi connectivity index (χ0v) is 24.8. The van der Waals surface area contributed by atoms with Crippen LogP contribution in [0.25, 0.3) is 0 Å². The Hall–Kier alpha value is -2.74. The largest absolute Gasteiger partial charge is 0.394 e. The minimum atomic E-state index is -1.30. The van der Waals surface area contributed by atoms with Crippen molar-refractivity contribution < 1.29 is 48.5 Å². The number of rotatable bonds is 14. The summed E-state index contributed by atoms with van der Waals surface area (Å²) in [6, 6.07) is 29.4. The summed E-state index contributed by atoms with van der Waals surface area (Å²) in [7, 11) is 1.54. The Bertz CT molecular complexity index is 1220. The Morgan fingerprint density at radius 1 is 0.636 bits per heavy atom. The number of ether oxygens (including phenoxy) is 7. The quantitative estimate of drug-likeness (QED) is 0.251. The molecule has 2 heterocycles. The topological polar surface area (TPSA) is 125 Å². The van der Waals surface area contributed by atoms with Gasteiger partial charge in [0.05, 0.1) is 45.2 Å². The molecule has 3 aromatic carbocycles. The SMILES string of the molecule is CO[C@H]1O[C@H](CO[C@@H]2O[C@H](CO)C[C@H](O)[C@H]2O)[C@@H](OCc2ccccc2)[C@H](OCc2ccccc2)[C@H]1OCc1ccccc1. The van der Waals surface area contributed by atoms with E-state index in [9.17, 15) is 15.3 Å². The van der Waals surface area contributed by atoms with Crippen LogP contribution in [0.5, 0.6) is 0 Å². The fourth-order valence-corrected chi connectivity index (χ4v) is 5.43. The summed E-state index contributed by atoms with van der Waals surface area (Å²) in [5.41, 5.74) is 2.92. The van der Waals surface area contributed by atoms with Crippen LogP contribution in [0.2, 0.25) is 0 Å². The number of hydrogen-bond acceptors (Lipinski definition) is 10. The molecule has 10 heteroatoms. The molecule has 0 radical (unpaired) electrons. The maximum absolute atomic E-state index is 10.6. The minimum absolute atomic E-state index is 0.0808. The van der Waals surface area contributed by atoms with Crippen molar-refractivity contribution in [1.82, 2.24) is 0 Å². The molecule has 0 spiro atoms. The van der Waals surface area contributed by atoms with E-state index in [2.05, 4.69) is 0 Å². The van der Waals surface area contributed by atoms with Gasteiger partial charge in [0.1, 0.15) is 30.5 Å². The molecule has 2 aliphatic rings. The Morgan fingerprint density at radius 3 is 1.64 bits per heavy atom. The van der Waals surface area contributed by atoms with Crippen molar-refractivity contribution in [2.75, 3.05) is 20.3 Å². The average Bonchev–Trinajstić information content (AvgIpc) is 3.07. The van der Waals surface area contributed by atoms with Gasteiger partial charge in [-0.2, -0.15) is 0 Å². The van der Waals surface area contributed by atoms with Crippen molar-refractivity contribution in [2.45, 2.75) is 81.5 Å². The molecule has 44 heavy (non-hydrogen) atoms. The zero-order valence-electron chi connectivity index (χ0n) is 24.8. The van der Waals surface area contributed by atoms with Gasteiger partial charge in [-0.3, -0.25) is 0 Å². The molecule has 2 saturated heterocycles. The third kappa shape index (κ3) is 8.70. The van der Waals surface area contributed by atoms with Crippen molar-refractivity contribution in [2.24, 2.45) is 0 Å². The molecular weight excluding hydrogens is 568 g/mol. The highest BCUT2D eigenvalue weighted by Crippen LogP contribution is 2.32. The lowest BCUT2D eigenvalue weighted by molar-refractivity contribution is -0.336. The monoisotopic (exact) mass is 610 g/mol. The molecular formula is C34H42O10. The van der Waals surface area contributed by atoms with Crippen LogP contribution in [0.15, 0.2) is 91.0 Å². The Kier molecular flexibility index (Phi) is 12.3. The summed E-state index contributed by atoms with van der Waals surface area (Å²) in [5.74, 6) is 0. The van der Waals surface area contributed by atoms with Crippen LogP contribution in [0.4, 0.5) is 0 Å². The summed E-state index contributed by atoms with van der Waals surface area (Å²) in [6.07, 6.45) is -7.72. The predicted octanol–water partition coefficient (Wildman–Crippen LogP) is 2.96. The molecule has 2 aliphatic heterocycles. The number of methoxy groups -OCH3 is 1. The summed E-state index contributed by atoms with van der Waals surface area (Å²) in [6.45, 7) is 0.472. The molecule has 3 aromatic rings. The van der Waals surface area contributed by atoms with E-state index in [4.69, 9.17) is 33.2 Å². The minimum Gasteiger partial charge on any atom is -0.394 e. The first kappa shape index (κ1) is 32.6. The molecule has 5 rings (SSSR count). The van der Waals surface area contributed by atoms with Gasteiger partial charge in [-0.15, -0.1) is 0 Å². The van der Waals surface area contributed by atoms with Gasteiger partial charge in [-0.1, -0.05) is 91.0 Å². The van der Waals surface area contributed by atoms with Crippen molar-refractivity contribution >= 4 is 0 Å². The number of aliphatic hydroxyl groups is 3. The lowest BCUT2D eigenvalue weighted by Gasteiger charge is -2.46. The molecule has 3 N–H and O–H groups in total. The molecule has 0 amide bonds. The highest BCUT2D eigenvalue weighted by molar-refractivity contribution is 5.15. The number of benzene rings is 3. The van der Waals surface area contributed by atoms with Gasteiger partial charge in [0.15, 0.2) is 12.6 Å². The highest BCUT2D eigenvalue weighted by atomic mass is 16.7. The maximum atomic E-state index is 10.6. The number of aliphatic hydroxyl groups excluding tert-OH is 3. The fourth-order valence-electron chi connectivity index (χ4n) is 5.43. The van der Waals surface area contributed by atoms with E-state index in [1.54, 1.807) is 0 Å². The Morgan fingerprint density at radius 2 is 1.14 bits per heavy atom. The van der Waals surface area contributed by atoms with Gasteiger partial charge in [-0.05, 0) is 16.7 Å². The molecule has 0 aromatic heterocycles. The maximum Gasteiger partial charge on any atom is 0.186 e. The van der Waals surface area contributed by atoms with Crippen LogP contribution in [0, 0.1) is 0 Å². The highest BCUT2D eigenvalue weighted by Gasteiger charge is 2.49. The first-order valence-electron chi connectivity index (χ1n) is 14.9. The van der Waals surface area contributed by atoms with Crippen LogP contribution in [-0.2, 0) is 53.0 Å². The predicted molar refractivity (Wildman–Crippen MR) is 159 cm³/mol. The molecule has 0 bridgehead atoms. The van der Waals surface area contributed by atoms with E-state index in [0.29, 0.717) is 13.2 Å². The van der Waals surface area contributed by atoms with E-state index < -0.39 is 55.3 Å². The molecule has 9 atom stereocenters. The van der Waals surface area contributed by atoms with Crippen molar-refractivity contribution in [1.29, 1.82) is 0 Å². The van der Waals surface area contributed by atoms with Crippen molar-refractivity contribution in [3.05, 3.63) is 108 Å². The third-order valence-corrected chi connectivity index (χ3v) is 7.81. The van der Waals surface area contributed by atoms with Crippen LogP contribution >= 0.6 is 0 Å². The summed E-state index contributed by atoms with van der Waals surface area (Å²) in [5, 5.41) is 30.5. The lowest BCUT2D eigenvalue weighted by atomic mass is 9.97. The van der Waals surface area contributed by atoms with E-state index in [1.807, 2.05) is 91.0 Å². The van der Waals surface area contributed by atoms with Gasteiger partial charge >= 0.3 is 0 Å². The second-order valence-electron chi connectivity index (χ2n) is 11.0. The fraction of sp³-hybridized carbons (Fsp3) is 0.471. The van der Waals surface area contributed by atoms with Gasteiger partial charge in [-0.25, -0.2) is 0 Å². The Labute approximate surface area is 258 Å². The van der Waals surface area contributed by atoms with Gasteiger partial charge in [0.25, 0.3) is 0 Å². The van der Waals surface area contributed by atoms with Crippen molar-refractivity contribution in [3.8, 4) is 0 Å². The smallest absolute Gasteiger partial charge is 0.186 e. The zero-order chi connectivity index (χ0) is 30.7. The van der Waals surface area contributed by atoms with E-state index in [-0.39, 0.29) is 26.2 Å². The second-order valence-corrected chi connectivity index (χ2v) is 11.0. The van der Waals surface area contributed by atoms with Crippen molar-refractivity contribution in [3.63, 3.8) is 0 Å². The molecule has 0 saturated carbocycles. The summed E-state index contributed by atoms with van der Waals surface area (Å²) < 4.78 is 43.4. The molecule has 10 nitrogen and oxygen atoms in total. The first-order valence-corrected chi connectivity index (χ1v) is 14.9.